The van der Waals surface area contributed by atoms with E-state index in [0.717, 1.165) is 81.4 Å². The van der Waals surface area contributed by atoms with Crippen LogP contribution in [0.4, 0.5) is 5.69 Å². The minimum atomic E-state index is 0.508. The van der Waals surface area contributed by atoms with Crippen LogP contribution in [-0.2, 0) is 0 Å². The van der Waals surface area contributed by atoms with Crippen molar-refractivity contribution in [2.75, 3.05) is 0 Å². The number of hydrogen-bond donors (Lipinski definition) is 0. The van der Waals surface area contributed by atoms with Crippen LogP contribution in [0.15, 0.2) is 188 Å². The van der Waals surface area contributed by atoms with Crippen LogP contribution in [0.2, 0.25) is 0 Å². The van der Waals surface area contributed by atoms with E-state index in [4.69, 9.17) is 0 Å². The van der Waals surface area contributed by atoms with Crippen molar-refractivity contribution in [3.05, 3.63) is 205 Å². The van der Waals surface area contributed by atoms with Gasteiger partial charge in [0.25, 0.3) is 0 Å². The fourth-order valence-corrected chi connectivity index (χ4v) is 11.9. The Morgan fingerprint density at radius 2 is 0.820 bits per heavy atom. The molecule has 282 valence electrons. The van der Waals surface area contributed by atoms with Gasteiger partial charge >= 0.3 is 0 Å². The first-order chi connectivity index (χ1) is 30.2. The Morgan fingerprint density at radius 1 is 0.410 bits per heavy atom. The highest BCUT2D eigenvalue weighted by Gasteiger charge is 2.31. The van der Waals surface area contributed by atoms with E-state index in [1.54, 1.807) is 22.7 Å². The highest BCUT2D eigenvalue weighted by Crippen LogP contribution is 2.55. The maximum absolute atomic E-state index is 11.9. The van der Waals surface area contributed by atoms with Crippen molar-refractivity contribution in [2.45, 2.75) is 0 Å². The molecular formula is C56H31N3S2. The molecule has 0 atom stereocenters. The molecule has 0 aliphatic heterocycles. The second-order valence-corrected chi connectivity index (χ2v) is 17.4. The molecule has 0 N–H and O–H groups in total. The third kappa shape index (κ3) is 5.26. The van der Waals surface area contributed by atoms with E-state index in [0.29, 0.717) is 11.3 Å². The summed E-state index contributed by atoms with van der Waals surface area (Å²) in [4.78, 5) is 4.52. The zero-order valence-corrected chi connectivity index (χ0v) is 34.2. The van der Waals surface area contributed by atoms with Crippen molar-refractivity contribution in [1.29, 1.82) is 5.26 Å². The second-order valence-electron chi connectivity index (χ2n) is 15.3. The van der Waals surface area contributed by atoms with Gasteiger partial charge in [-0.05, 0) is 51.1 Å². The van der Waals surface area contributed by atoms with E-state index in [-0.39, 0.29) is 0 Å². The molecular weight excluding hydrogens is 779 g/mol. The Balaban J connectivity index is 1.33. The maximum atomic E-state index is 11.9. The van der Waals surface area contributed by atoms with Crippen LogP contribution < -0.4 is 0 Å². The number of nitriles is 1. The standard InChI is InChI=1S/C56H31N3S2/c1-58-51-49(38-27-25-35(26-28-38)34-15-5-2-6-16-34)48(36-17-7-3-8-18-36)45(33-57)52(50(51)37-19-9-4-10-20-37)59-53-41(29-31-43-39-21-11-13-23-46(39)60-55(43)53)42-30-32-44-40-22-12-14-24-47(40)61-56(44)54(42)59/h2-32H. The first-order valence-electron chi connectivity index (χ1n) is 20.2. The lowest BCUT2D eigenvalue weighted by atomic mass is 9.83. The zero-order chi connectivity index (χ0) is 40.6. The van der Waals surface area contributed by atoms with E-state index >= 15 is 0 Å². The highest BCUT2D eigenvalue weighted by atomic mass is 32.1. The molecule has 0 radical (unpaired) electrons. The summed E-state index contributed by atoms with van der Waals surface area (Å²) in [5.74, 6) is 0. The van der Waals surface area contributed by atoms with E-state index in [2.05, 4.69) is 149 Å². The Hall–Kier alpha value is -7.80. The topological polar surface area (TPSA) is 33.1 Å². The molecule has 0 aliphatic rings. The highest BCUT2D eigenvalue weighted by molar-refractivity contribution is 7.27. The molecule has 0 aliphatic carbocycles. The van der Waals surface area contributed by atoms with Gasteiger partial charge in [-0.15, -0.1) is 22.7 Å². The number of fused-ring (bicyclic) bond motifs is 11. The lowest BCUT2D eigenvalue weighted by Crippen LogP contribution is -2.05. The van der Waals surface area contributed by atoms with Crippen molar-refractivity contribution in [2.24, 2.45) is 0 Å². The van der Waals surface area contributed by atoms with Gasteiger partial charge in [0, 0.05) is 47.3 Å². The molecule has 0 saturated carbocycles. The summed E-state index contributed by atoms with van der Waals surface area (Å²) in [5.41, 5.74) is 10.9. The molecule has 3 nitrogen and oxygen atoms in total. The normalized spacial score (nSPS) is 11.6. The number of benzene rings is 9. The molecule has 9 aromatic carbocycles. The summed E-state index contributed by atoms with van der Waals surface area (Å²) < 4.78 is 7.10. The Kier molecular flexibility index (Phi) is 8.02. The molecule has 0 amide bonds. The van der Waals surface area contributed by atoms with Crippen LogP contribution in [0.25, 0.3) is 117 Å². The van der Waals surface area contributed by atoms with E-state index in [9.17, 15) is 11.8 Å². The van der Waals surface area contributed by atoms with Gasteiger partial charge in [-0.25, -0.2) is 4.85 Å². The van der Waals surface area contributed by atoms with Gasteiger partial charge in [-0.1, -0.05) is 176 Å². The number of hydrogen-bond acceptors (Lipinski definition) is 3. The number of aromatic nitrogens is 1. The first-order valence-corrected chi connectivity index (χ1v) is 21.8. The monoisotopic (exact) mass is 809 g/mol. The van der Waals surface area contributed by atoms with Crippen molar-refractivity contribution < 1.29 is 0 Å². The van der Waals surface area contributed by atoms with E-state index < -0.39 is 0 Å². The summed E-state index contributed by atoms with van der Waals surface area (Å²) in [6.45, 7) is 9.18. The van der Waals surface area contributed by atoms with Gasteiger partial charge in [-0.2, -0.15) is 5.26 Å². The van der Waals surface area contributed by atoms with Crippen LogP contribution in [0.5, 0.6) is 0 Å². The molecule has 0 spiro atoms. The van der Waals surface area contributed by atoms with Crippen molar-refractivity contribution in [1.82, 2.24) is 4.57 Å². The zero-order valence-electron chi connectivity index (χ0n) is 32.6. The quantitative estimate of drug-likeness (QED) is 0.159. The third-order valence-electron chi connectivity index (χ3n) is 12.1. The van der Waals surface area contributed by atoms with Gasteiger partial charge in [0.2, 0.25) is 5.69 Å². The van der Waals surface area contributed by atoms with Gasteiger partial charge in [0.05, 0.1) is 38.3 Å². The smallest absolute Gasteiger partial charge is 0.205 e. The average Bonchev–Trinajstić information content (AvgIpc) is 4.01. The van der Waals surface area contributed by atoms with Crippen molar-refractivity contribution >= 4 is 90.5 Å². The molecule has 61 heavy (non-hydrogen) atoms. The maximum Gasteiger partial charge on any atom is 0.205 e. The van der Waals surface area contributed by atoms with Crippen LogP contribution >= 0.6 is 22.7 Å². The SMILES string of the molecule is [C-]#[N+]c1c(-c2ccc(-c3ccccc3)cc2)c(-c2ccccc2)c(C#N)c(-n2c3c(ccc4c5ccccc5sc43)c3ccc4c5ccccc5sc4c32)c1-c1ccccc1. The molecule has 0 saturated heterocycles. The largest absolute Gasteiger partial charge is 0.306 e. The minimum Gasteiger partial charge on any atom is -0.306 e. The summed E-state index contributed by atoms with van der Waals surface area (Å²) in [6.07, 6.45) is 0. The minimum absolute atomic E-state index is 0.508. The van der Waals surface area contributed by atoms with Crippen molar-refractivity contribution in [3.63, 3.8) is 0 Å². The lowest BCUT2D eigenvalue weighted by molar-refractivity contribution is 1.19. The lowest BCUT2D eigenvalue weighted by Gasteiger charge is -2.24. The summed E-state index contributed by atoms with van der Waals surface area (Å²) >= 11 is 3.58. The second kappa shape index (κ2) is 13.9. The first kappa shape index (κ1) is 35.2. The average molecular weight is 810 g/mol. The third-order valence-corrected chi connectivity index (χ3v) is 14.5. The van der Waals surface area contributed by atoms with Crippen LogP contribution in [-0.4, -0.2) is 4.57 Å². The number of nitrogens with zero attached hydrogens (tertiary/aromatic N) is 3. The predicted molar refractivity (Wildman–Crippen MR) is 259 cm³/mol. The molecule has 0 bridgehead atoms. The molecule has 5 heteroatoms. The van der Waals surface area contributed by atoms with Gasteiger partial charge in [0.1, 0.15) is 6.07 Å². The van der Waals surface area contributed by atoms with E-state index in [1.165, 1.54) is 30.9 Å². The summed E-state index contributed by atoms with van der Waals surface area (Å²) in [7, 11) is 0. The molecule has 3 heterocycles. The number of rotatable bonds is 5. The predicted octanol–water partition coefficient (Wildman–Crippen LogP) is 16.6. The molecule has 3 aromatic heterocycles. The van der Waals surface area contributed by atoms with Crippen LogP contribution in [0.1, 0.15) is 5.56 Å². The number of thiophene rings is 2. The van der Waals surface area contributed by atoms with Crippen LogP contribution in [0.3, 0.4) is 0 Å². The van der Waals surface area contributed by atoms with Gasteiger partial charge in [0.15, 0.2) is 0 Å². The van der Waals surface area contributed by atoms with Crippen molar-refractivity contribution in [3.8, 4) is 56.3 Å². The molecule has 0 fully saturated rings. The summed E-state index contributed by atoms with van der Waals surface area (Å²) in [5, 5.41) is 18.9. The Morgan fingerprint density at radius 3 is 1.33 bits per heavy atom. The van der Waals surface area contributed by atoms with Gasteiger partial charge in [-0.3, -0.25) is 0 Å². The fraction of sp³-hybridized carbons (Fsp3) is 0. The van der Waals surface area contributed by atoms with Gasteiger partial charge < -0.3 is 4.57 Å². The van der Waals surface area contributed by atoms with Crippen LogP contribution in [0, 0.1) is 17.9 Å². The molecule has 0 unspecified atom stereocenters. The molecule has 12 rings (SSSR count). The Bertz CT molecular complexity index is 3680. The fourth-order valence-electron chi connectivity index (χ4n) is 9.44. The molecule has 12 aromatic rings. The summed E-state index contributed by atoms with van der Waals surface area (Å²) in [6, 6.07) is 68.3. The van der Waals surface area contributed by atoms with E-state index in [1.807, 2.05) is 54.6 Å². The Labute approximate surface area is 359 Å².